The van der Waals surface area contributed by atoms with Gasteiger partial charge in [-0.2, -0.15) is 0 Å². The molecule has 1 aromatic heterocycles. The van der Waals surface area contributed by atoms with Crippen molar-refractivity contribution in [3.8, 4) is 5.75 Å². The molecule has 11 heteroatoms. The predicted molar refractivity (Wildman–Crippen MR) is 137 cm³/mol. The number of aromatic nitrogens is 1. The topological polar surface area (TPSA) is 136 Å². The van der Waals surface area contributed by atoms with Crippen LogP contribution in [0.1, 0.15) is 22.3 Å². The highest BCUT2D eigenvalue weighted by molar-refractivity contribution is 6.27. The normalized spacial score (nSPS) is 13.3. The lowest BCUT2D eigenvalue weighted by atomic mass is 10.1. The Labute approximate surface area is 211 Å². The number of anilines is 2. The van der Waals surface area contributed by atoms with Crippen molar-refractivity contribution in [2.24, 2.45) is 0 Å². The Morgan fingerprint density at radius 2 is 1.75 bits per heavy atom. The molecule has 0 spiro atoms. The SMILES string of the molecule is COc1cc(C)ccc1N1CCN(CCCNc2ncccc2C(=O)N(C)C)CC1.O=C(O)C(=O)O. The zero-order valence-electron chi connectivity index (χ0n) is 21.2. The molecule has 0 unspecified atom stereocenters. The van der Waals surface area contributed by atoms with Gasteiger partial charge in [0, 0.05) is 53.0 Å². The van der Waals surface area contributed by atoms with Crippen molar-refractivity contribution >= 4 is 29.4 Å². The summed E-state index contributed by atoms with van der Waals surface area (Å²) in [4.78, 5) is 41.3. The highest BCUT2D eigenvalue weighted by Gasteiger charge is 2.19. The van der Waals surface area contributed by atoms with Gasteiger partial charge in [0.25, 0.3) is 5.91 Å². The average Bonchev–Trinajstić information content (AvgIpc) is 2.87. The lowest BCUT2D eigenvalue weighted by Crippen LogP contribution is -2.47. The number of hydrogen-bond donors (Lipinski definition) is 3. The van der Waals surface area contributed by atoms with Gasteiger partial charge in [0.15, 0.2) is 0 Å². The third-order valence-corrected chi connectivity index (χ3v) is 5.62. The number of piperazine rings is 1. The van der Waals surface area contributed by atoms with Crippen LogP contribution in [0.3, 0.4) is 0 Å². The first-order chi connectivity index (χ1) is 17.1. The van der Waals surface area contributed by atoms with Gasteiger partial charge in [0.05, 0.1) is 18.4 Å². The minimum Gasteiger partial charge on any atom is -0.495 e. The van der Waals surface area contributed by atoms with Crippen LogP contribution in [0.25, 0.3) is 0 Å². The van der Waals surface area contributed by atoms with E-state index in [9.17, 15) is 4.79 Å². The monoisotopic (exact) mass is 501 g/mol. The third-order valence-electron chi connectivity index (χ3n) is 5.62. The van der Waals surface area contributed by atoms with Gasteiger partial charge in [-0.15, -0.1) is 0 Å². The molecule has 0 atom stereocenters. The minimum atomic E-state index is -1.82. The smallest absolute Gasteiger partial charge is 0.414 e. The molecule has 196 valence electrons. The number of carboxylic acid groups (broad SMARTS) is 2. The van der Waals surface area contributed by atoms with Crippen LogP contribution in [0.4, 0.5) is 11.5 Å². The number of aliphatic carboxylic acids is 2. The van der Waals surface area contributed by atoms with Gasteiger partial charge < -0.3 is 30.1 Å². The van der Waals surface area contributed by atoms with E-state index >= 15 is 0 Å². The summed E-state index contributed by atoms with van der Waals surface area (Å²) in [6.45, 7) is 7.95. The van der Waals surface area contributed by atoms with E-state index < -0.39 is 11.9 Å². The first kappa shape index (κ1) is 28.4. The van der Waals surface area contributed by atoms with Gasteiger partial charge >= 0.3 is 11.9 Å². The molecule has 0 radical (unpaired) electrons. The summed E-state index contributed by atoms with van der Waals surface area (Å²) >= 11 is 0. The Balaban J connectivity index is 0.000000678. The van der Waals surface area contributed by atoms with Crippen molar-refractivity contribution in [2.75, 3.05) is 70.7 Å². The number of pyridine rings is 1. The predicted octanol–water partition coefficient (Wildman–Crippen LogP) is 1.88. The molecule has 0 saturated carbocycles. The summed E-state index contributed by atoms with van der Waals surface area (Å²) in [6.07, 6.45) is 2.72. The van der Waals surface area contributed by atoms with E-state index in [2.05, 4.69) is 45.2 Å². The Bertz CT molecular complexity index is 1030. The molecular formula is C25H35N5O6. The van der Waals surface area contributed by atoms with Crippen molar-refractivity contribution in [3.63, 3.8) is 0 Å². The summed E-state index contributed by atoms with van der Waals surface area (Å²) in [5.41, 5.74) is 3.01. The molecule has 3 rings (SSSR count). The van der Waals surface area contributed by atoms with Crippen molar-refractivity contribution in [1.82, 2.24) is 14.8 Å². The number of rotatable bonds is 8. The number of nitrogens with zero attached hydrogens (tertiary/aromatic N) is 4. The Kier molecular flexibility index (Phi) is 10.9. The molecule has 36 heavy (non-hydrogen) atoms. The molecule has 2 heterocycles. The van der Waals surface area contributed by atoms with Crippen molar-refractivity contribution < 1.29 is 29.3 Å². The zero-order chi connectivity index (χ0) is 26.7. The number of amides is 1. The number of nitrogens with one attached hydrogen (secondary N) is 1. The molecule has 2 aromatic rings. The van der Waals surface area contributed by atoms with Crippen molar-refractivity contribution in [2.45, 2.75) is 13.3 Å². The second kappa shape index (κ2) is 13.9. The van der Waals surface area contributed by atoms with Gasteiger partial charge in [-0.1, -0.05) is 6.07 Å². The van der Waals surface area contributed by atoms with E-state index in [1.54, 1.807) is 38.4 Å². The van der Waals surface area contributed by atoms with E-state index in [1.807, 2.05) is 6.07 Å². The quantitative estimate of drug-likeness (QED) is 0.363. The zero-order valence-corrected chi connectivity index (χ0v) is 21.2. The Hall–Kier alpha value is -3.86. The van der Waals surface area contributed by atoms with Crippen LogP contribution >= 0.6 is 0 Å². The Morgan fingerprint density at radius 3 is 2.33 bits per heavy atom. The maximum Gasteiger partial charge on any atom is 0.414 e. The largest absolute Gasteiger partial charge is 0.495 e. The van der Waals surface area contributed by atoms with Crippen LogP contribution < -0.4 is 15.0 Å². The number of carbonyl (C=O) groups is 3. The molecule has 3 N–H and O–H groups in total. The fourth-order valence-electron chi connectivity index (χ4n) is 3.73. The molecule has 0 bridgehead atoms. The molecule has 0 aliphatic carbocycles. The van der Waals surface area contributed by atoms with Gasteiger partial charge in [0.1, 0.15) is 11.6 Å². The van der Waals surface area contributed by atoms with E-state index in [-0.39, 0.29) is 5.91 Å². The number of methoxy groups -OCH3 is 1. The maximum absolute atomic E-state index is 12.3. The van der Waals surface area contributed by atoms with Crippen LogP contribution in [-0.2, 0) is 9.59 Å². The van der Waals surface area contributed by atoms with Crippen LogP contribution in [0.5, 0.6) is 5.75 Å². The van der Waals surface area contributed by atoms with Crippen LogP contribution in [0.15, 0.2) is 36.5 Å². The van der Waals surface area contributed by atoms with E-state index in [0.29, 0.717) is 11.4 Å². The van der Waals surface area contributed by atoms with Gasteiger partial charge in [-0.3, -0.25) is 9.69 Å². The number of hydrogen-bond acceptors (Lipinski definition) is 8. The van der Waals surface area contributed by atoms with Gasteiger partial charge in [0.2, 0.25) is 0 Å². The summed E-state index contributed by atoms with van der Waals surface area (Å²) in [7, 11) is 5.25. The second-order valence-electron chi connectivity index (χ2n) is 8.49. The molecular weight excluding hydrogens is 466 g/mol. The van der Waals surface area contributed by atoms with Crippen LogP contribution in [0.2, 0.25) is 0 Å². The second-order valence-corrected chi connectivity index (χ2v) is 8.49. The van der Waals surface area contributed by atoms with Gasteiger partial charge in [-0.05, 0) is 49.7 Å². The summed E-state index contributed by atoms with van der Waals surface area (Å²) in [5.74, 6) is -2.07. The molecule has 1 aliphatic rings. The number of benzene rings is 1. The lowest BCUT2D eigenvalue weighted by molar-refractivity contribution is -0.159. The third kappa shape index (κ3) is 8.42. The fraction of sp³-hybridized carbons (Fsp3) is 0.440. The van der Waals surface area contributed by atoms with Crippen LogP contribution in [-0.4, -0.2) is 103 Å². The Morgan fingerprint density at radius 1 is 1.08 bits per heavy atom. The molecule has 1 aromatic carbocycles. The minimum absolute atomic E-state index is 0.0340. The standard InChI is InChI=1S/C23H33N5O2.C2H2O4/c1-18-8-9-20(21(17-18)30-4)28-15-13-27(14-16-28)12-6-11-25-22-19(7-5-10-24-22)23(29)26(2)3;3-1(4)2(5)6/h5,7-10,17H,6,11-16H2,1-4H3,(H,24,25);(H,3,4)(H,5,6). The molecule has 1 amide bonds. The first-order valence-electron chi connectivity index (χ1n) is 11.6. The average molecular weight is 502 g/mol. The molecule has 11 nitrogen and oxygen atoms in total. The fourth-order valence-corrected chi connectivity index (χ4v) is 3.73. The number of carbonyl (C=O) groups excluding carboxylic acids is 1. The van der Waals surface area contributed by atoms with Crippen molar-refractivity contribution in [1.29, 1.82) is 0 Å². The summed E-state index contributed by atoms with van der Waals surface area (Å²) in [5, 5.41) is 18.1. The van der Waals surface area contributed by atoms with E-state index in [4.69, 9.17) is 24.5 Å². The van der Waals surface area contributed by atoms with Crippen LogP contribution in [0, 0.1) is 6.92 Å². The molecule has 1 fully saturated rings. The van der Waals surface area contributed by atoms with E-state index in [1.165, 1.54) is 11.3 Å². The number of carboxylic acids is 2. The highest BCUT2D eigenvalue weighted by atomic mass is 16.5. The number of ether oxygens (including phenoxy) is 1. The number of aryl methyl sites for hydroxylation is 1. The highest BCUT2D eigenvalue weighted by Crippen LogP contribution is 2.29. The molecule has 1 saturated heterocycles. The maximum atomic E-state index is 12.3. The summed E-state index contributed by atoms with van der Waals surface area (Å²) < 4.78 is 5.57. The molecule has 1 aliphatic heterocycles. The summed E-state index contributed by atoms with van der Waals surface area (Å²) in [6, 6.07) is 10.0. The van der Waals surface area contributed by atoms with E-state index in [0.717, 1.165) is 51.4 Å². The van der Waals surface area contributed by atoms with Gasteiger partial charge in [-0.25, -0.2) is 14.6 Å². The van der Waals surface area contributed by atoms with Crippen molar-refractivity contribution in [3.05, 3.63) is 47.7 Å². The first-order valence-corrected chi connectivity index (χ1v) is 11.6. The lowest BCUT2D eigenvalue weighted by Gasteiger charge is -2.36.